The molecule has 0 N–H and O–H groups in total. The standard InChI is InChI=1S/C22H23NO4/c1-14-9-10-15(2)19(12-14)21(25)16(3)27-22(26)17-6-4-7-18(13-17)23-11-5-8-20(23)24/h4,6-7,9-10,12-13,16H,5,8,11H2,1-3H3/t16-/m1/s1. The van der Waals surface area contributed by atoms with Gasteiger partial charge in [0.2, 0.25) is 11.7 Å². The van der Waals surface area contributed by atoms with E-state index in [1.807, 2.05) is 32.0 Å². The summed E-state index contributed by atoms with van der Waals surface area (Å²) in [6.07, 6.45) is 0.445. The van der Waals surface area contributed by atoms with Crippen LogP contribution in [-0.4, -0.2) is 30.3 Å². The minimum atomic E-state index is -0.893. The molecule has 0 aliphatic carbocycles. The lowest BCUT2D eigenvalue weighted by Crippen LogP contribution is -2.26. The average molecular weight is 365 g/mol. The second-order valence-electron chi connectivity index (χ2n) is 6.93. The summed E-state index contributed by atoms with van der Waals surface area (Å²) in [7, 11) is 0. The zero-order valence-corrected chi connectivity index (χ0v) is 15.8. The number of rotatable bonds is 5. The van der Waals surface area contributed by atoms with Crippen molar-refractivity contribution >= 4 is 23.3 Å². The summed E-state index contributed by atoms with van der Waals surface area (Å²) in [6, 6.07) is 12.4. The monoisotopic (exact) mass is 365 g/mol. The minimum absolute atomic E-state index is 0.0546. The van der Waals surface area contributed by atoms with E-state index in [2.05, 4.69) is 0 Å². The molecule has 1 saturated heterocycles. The first-order valence-corrected chi connectivity index (χ1v) is 9.09. The van der Waals surface area contributed by atoms with Crippen molar-refractivity contribution in [3.8, 4) is 0 Å². The van der Waals surface area contributed by atoms with E-state index < -0.39 is 12.1 Å². The number of benzene rings is 2. The van der Waals surface area contributed by atoms with Gasteiger partial charge in [-0.3, -0.25) is 9.59 Å². The minimum Gasteiger partial charge on any atom is -0.451 e. The number of amides is 1. The van der Waals surface area contributed by atoms with Crippen molar-refractivity contribution in [1.29, 1.82) is 0 Å². The van der Waals surface area contributed by atoms with Crippen LogP contribution in [0.15, 0.2) is 42.5 Å². The first-order valence-electron chi connectivity index (χ1n) is 9.09. The van der Waals surface area contributed by atoms with Crippen molar-refractivity contribution in [2.45, 2.75) is 39.7 Å². The Morgan fingerprint density at radius 2 is 1.89 bits per heavy atom. The van der Waals surface area contributed by atoms with Crippen LogP contribution >= 0.6 is 0 Å². The van der Waals surface area contributed by atoms with Crippen LogP contribution in [0.4, 0.5) is 5.69 Å². The van der Waals surface area contributed by atoms with Crippen LogP contribution in [0.5, 0.6) is 0 Å². The van der Waals surface area contributed by atoms with Gasteiger partial charge in [-0.2, -0.15) is 0 Å². The number of ether oxygens (including phenoxy) is 1. The lowest BCUT2D eigenvalue weighted by atomic mass is 9.99. The van der Waals surface area contributed by atoms with Crippen LogP contribution in [0, 0.1) is 13.8 Å². The molecule has 1 heterocycles. The third-order valence-electron chi connectivity index (χ3n) is 4.78. The Morgan fingerprint density at radius 3 is 2.59 bits per heavy atom. The second kappa shape index (κ2) is 7.74. The van der Waals surface area contributed by atoms with E-state index in [-0.39, 0.29) is 11.7 Å². The third-order valence-corrected chi connectivity index (χ3v) is 4.78. The highest BCUT2D eigenvalue weighted by molar-refractivity contribution is 6.03. The summed E-state index contributed by atoms with van der Waals surface area (Å²) >= 11 is 0. The molecule has 3 rings (SSSR count). The summed E-state index contributed by atoms with van der Waals surface area (Å²) in [4.78, 5) is 38.8. The van der Waals surface area contributed by atoms with E-state index in [1.54, 1.807) is 36.1 Å². The lowest BCUT2D eigenvalue weighted by Gasteiger charge is -2.17. The quantitative estimate of drug-likeness (QED) is 0.596. The fourth-order valence-electron chi connectivity index (χ4n) is 3.22. The van der Waals surface area contributed by atoms with Crippen LogP contribution < -0.4 is 4.90 Å². The van der Waals surface area contributed by atoms with Crippen LogP contribution in [0.3, 0.4) is 0 Å². The highest BCUT2D eigenvalue weighted by Crippen LogP contribution is 2.23. The summed E-state index contributed by atoms with van der Waals surface area (Å²) in [5, 5.41) is 0. The smallest absolute Gasteiger partial charge is 0.338 e. The van der Waals surface area contributed by atoms with Crippen molar-refractivity contribution in [2.24, 2.45) is 0 Å². The second-order valence-corrected chi connectivity index (χ2v) is 6.93. The predicted octanol–water partition coefficient (Wildman–Crippen LogP) is 3.86. The molecule has 5 heteroatoms. The first-order chi connectivity index (χ1) is 12.9. The van der Waals surface area contributed by atoms with Crippen molar-refractivity contribution < 1.29 is 19.1 Å². The maximum absolute atomic E-state index is 12.7. The Labute approximate surface area is 158 Å². The SMILES string of the molecule is Cc1ccc(C)c(C(=O)[C@@H](C)OC(=O)c2cccc(N3CCCC3=O)c2)c1. The van der Waals surface area contributed by atoms with Gasteiger partial charge >= 0.3 is 5.97 Å². The van der Waals surface area contributed by atoms with Crippen LogP contribution in [0.2, 0.25) is 0 Å². The Kier molecular flexibility index (Phi) is 5.40. The number of hydrogen-bond donors (Lipinski definition) is 0. The van der Waals surface area contributed by atoms with E-state index in [1.165, 1.54) is 0 Å². The molecule has 0 unspecified atom stereocenters. The van der Waals surface area contributed by atoms with E-state index in [9.17, 15) is 14.4 Å². The van der Waals surface area contributed by atoms with Crippen molar-refractivity contribution in [3.05, 3.63) is 64.7 Å². The molecule has 0 radical (unpaired) electrons. The van der Waals surface area contributed by atoms with E-state index in [4.69, 9.17) is 4.74 Å². The van der Waals surface area contributed by atoms with E-state index in [0.717, 1.165) is 17.5 Å². The van der Waals surface area contributed by atoms with Gasteiger partial charge < -0.3 is 9.64 Å². The molecule has 0 saturated carbocycles. The summed E-state index contributed by atoms with van der Waals surface area (Å²) in [5.41, 5.74) is 3.40. The van der Waals surface area contributed by atoms with Gasteiger partial charge in [0.25, 0.3) is 0 Å². The van der Waals surface area contributed by atoms with Gasteiger partial charge in [-0.05, 0) is 57.0 Å². The maximum Gasteiger partial charge on any atom is 0.338 e. The van der Waals surface area contributed by atoms with E-state index >= 15 is 0 Å². The maximum atomic E-state index is 12.7. The number of carbonyl (C=O) groups is 3. The molecule has 1 aliphatic heterocycles. The molecule has 1 amide bonds. The summed E-state index contributed by atoms with van der Waals surface area (Å²) in [5.74, 6) is -0.746. The number of anilines is 1. The molecule has 0 aromatic heterocycles. The fraction of sp³-hybridized carbons (Fsp3) is 0.318. The number of aryl methyl sites for hydroxylation is 2. The highest BCUT2D eigenvalue weighted by atomic mass is 16.5. The Bertz CT molecular complexity index is 903. The number of carbonyl (C=O) groups excluding carboxylic acids is 3. The predicted molar refractivity (Wildman–Crippen MR) is 103 cm³/mol. The largest absolute Gasteiger partial charge is 0.451 e. The molecule has 2 aromatic carbocycles. The van der Waals surface area contributed by atoms with Gasteiger partial charge in [0.15, 0.2) is 6.10 Å². The number of Topliss-reactive ketones (excluding diaryl/α,β-unsaturated/α-hetero) is 1. The van der Waals surface area contributed by atoms with Crippen molar-refractivity contribution in [3.63, 3.8) is 0 Å². The molecule has 1 atom stereocenters. The Morgan fingerprint density at radius 1 is 1.11 bits per heavy atom. The summed E-state index contributed by atoms with van der Waals surface area (Å²) in [6.45, 7) is 6.00. The van der Waals surface area contributed by atoms with Gasteiger partial charge in [0.1, 0.15) is 0 Å². The highest BCUT2D eigenvalue weighted by Gasteiger charge is 2.24. The molecular weight excluding hydrogens is 342 g/mol. The molecule has 1 aliphatic rings. The topological polar surface area (TPSA) is 63.7 Å². The molecule has 140 valence electrons. The first kappa shape index (κ1) is 18.8. The molecule has 1 fully saturated rings. The Balaban J connectivity index is 1.74. The average Bonchev–Trinajstić information content (AvgIpc) is 3.09. The lowest BCUT2D eigenvalue weighted by molar-refractivity contribution is -0.117. The van der Waals surface area contributed by atoms with Gasteiger partial charge in [-0.1, -0.05) is 23.8 Å². The Hall–Kier alpha value is -2.95. The molecule has 5 nitrogen and oxygen atoms in total. The van der Waals surface area contributed by atoms with Crippen LogP contribution in [-0.2, 0) is 9.53 Å². The third kappa shape index (κ3) is 4.08. The molecule has 27 heavy (non-hydrogen) atoms. The van der Waals surface area contributed by atoms with Crippen molar-refractivity contribution in [2.75, 3.05) is 11.4 Å². The number of ketones is 1. The molecule has 0 spiro atoms. The number of nitrogens with zero attached hydrogens (tertiary/aromatic N) is 1. The number of esters is 1. The van der Waals surface area contributed by atoms with Gasteiger partial charge in [0.05, 0.1) is 5.56 Å². The normalized spacial score (nSPS) is 14.9. The van der Waals surface area contributed by atoms with Gasteiger partial charge in [0, 0.05) is 24.2 Å². The van der Waals surface area contributed by atoms with Crippen LogP contribution in [0.25, 0.3) is 0 Å². The van der Waals surface area contributed by atoms with Crippen LogP contribution in [0.1, 0.15) is 51.6 Å². The zero-order valence-electron chi connectivity index (χ0n) is 15.8. The van der Waals surface area contributed by atoms with Gasteiger partial charge in [-0.25, -0.2) is 4.79 Å². The number of hydrogen-bond acceptors (Lipinski definition) is 4. The molecular formula is C22H23NO4. The fourth-order valence-corrected chi connectivity index (χ4v) is 3.22. The van der Waals surface area contributed by atoms with E-state index in [0.29, 0.717) is 29.8 Å². The van der Waals surface area contributed by atoms with Crippen molar-refractivity contribution in [1.82, 2.24) is 0 Å². The zero-order chi connectivity index (χ0) is 19.6. The summed E-state index contributed by atoms with van der Waals surface area (Å²) < 4.78 is 5.40. The molecule has 2 aromatic rings. The van der Waals surface area contributed by atoms with Gasteiger partial charge in [-0.15, -0.1) is 0 Å². The molecule has 0 bridgehead atoms.